The van der Waals surface area contributed by atoms with Gasteiger partial charge in [0.1, 0.15) is 12.4 Å². The van der Waals surface area contributed by atoms with E-state index in [0.717, 1.165) is 30.8 Å². The highest BCUT2D eigenvalue weighted by Gasteiger charge is 2.32. The molecule has 1 aliphatic rings. The van der Waals surface area contributed by atoms with Gasteiger partial charge in [0, 0.05) is 44.0 Å². The summed E-state index contributed by atoms with van der Waals surface area (Å²) >= 11 is 0. The lowest BCUT2D eigenvalue weighted by Gasteiger charge is -2.24. The maximum atomic E-state index is 5.96. The van der Waals surface area contributed by atoms with Crippen LogP contribution in [-0.4, -0.2) is 47.3 Å². The summed E-state index contributed by atoms with van der Waals surface area (Å²) in [6, 6.07) is 14.6. The highest BCUT2D eigenvalue weighted by atomic mass is 16.5. The highest BCUT2D eigenvalue weighted by Crippen LogP contribution is 2.25. The van der Waals surface area contributed by atoms with Crippen LogP contribution in [0, 0.1) is 0 Å². The molecule has 1 fully saturated rings. The first-order valence-electron chi connectivity index (χ1n) is 8.96. The lowest BCUT2D eigenvalue weighted by atomic mass is 10.1. The first-order chi connectivity index (χ1) is 12.8. The second-order valence-electron chi connectivity index (χ2n) is 6.67. The van der Waals surface area contributed by atoms with E-state index in [-0.39, 0.29) is 6.10 Å². The van der Waals surface area contributed by atoms with Gasteiger partial charge < -0.3 is 9.47 Å². The van der Waals surface area contributed by atoms with E-state index in [9.17, 15) is 0 Å². The number of likely N-dealkylation sites (tertiary alicyclic amines) is 1. The monoisotopic (exact) mass is 349 g/mol. The summed E-state index contributed by atoms with van der Waals surface area (Å²) in [5, 5.41) is 1.18. The Morgan fingerprint density at radius 2 is 2.00 bits per heavy atom. The van der Waals surface area contributed by atoms with Crippen LogP contribution in [0.25, 0.3) is 10.9 Å². The number of para-hydroxylation sites is 1. The van der Waals surface area contributed by atoms with Gasteiger partial charge in [-0.25, -0.2) is 0 Å². The number of rotatable bonds is 6. The molecule has 0 N–H and O–H groups in total. The number of fused-ring (bicyclic) bond motifs is 1. The van der Waals surface area contributed by atoms with E-state index in [2.05, 4.69) is 39.1 Å². The first kappa shape index (κ1) is 16.9. The maximum Gasteiger partial charge on any atom is 0.137 e. The molecule has 1 aliphatic heterocycles. The Labute approximate surface area is 153 Å². The Morgan fingerprint density at radius 1 is 1.12 bits per heavy atom. The molecule has 0 bridgehead atoms. The molecule has 1 aromatic carbocycles. The van der Waals surface area contributed by atoms with Gasteiger partial charge in [-0.15, -0.1) is 0 Å². The summed E-state index contributed by atoms with van der Waals surface area (Å²) in [5.41, 5.74) is 2.31. The zero-order valence-electron chi connectivity index (χ0n) is 14.9. The van der Waals surface area contributed by atoms with E-state index in [1.807, 2.05) is 24.4 Å². The van der Waals surface area contributed by atoms with Crippen molar-refractivity contribution < 1.29 is 9.47 Å². The van der Waals surface area contributed by atoms with Crippen molar-refractivity contribution in [3.8, 4) is 5.75 Å². The number of aromatic nitrogens is 2. The van der Waals surface area contributed by atoms with Crippen molar-refractivity contribution in [2.75, 3.05) is 20.3 Å². The molecule has 1 saturated heterocycles. The van der Waals surface area contributed by atoms with Gasteiger partial charge in [0.25, 0.3) is 0 Å². The van der Waals surface area contributed by atoms with Crippen LogP contribution in [0.15, 0.2) is 61.1 Å². The summed E-state index contributed by atoms with van der Waals surface area (Å²) < 4.78 is 11.6. The Kier molecular flexibility index (Phi) is 5.09. The molecule has 0 saturated carbocycles. The summed E-state index contributed by atoms with van der Waals surface area (Å²) in [7, 11) is 1.78. The topological polar surface area (TPSA) is 47.5 Å². The number of benzene rings is 1. The fourth-order valence-electron chi connectivity index (χ4n) is 3.61. The summed E-state index contributed by atoms with van der Waals surface area (Å²) in [6.45, 7) is 2.37. The van der Waals surface area contributed by atoms with E-state index >= 15 is 0 Å². The van der Waals surface area contributed by atoms with Crippen molar-refractivity contribution in [1.29, 1.82) is 0 Å². The van der Waals surface area contributed by atoms with Gasteiger partial charge in [0.15, 0.2) is 0 Å². The number of methoxy groups -OCH3 is 1. The van der Waals surface area contributed by atoms with Gasteiger partial charge in [-0.05, 0) is 30.2 Å². The molecule has 4 rings (SSSR count). The van der Waals surface area contributed by atoms with Gasteiger partial charge >= 0.3 is 0 Å². The maximum absolute atomic E-state index is 5.96. The Hall–Kier alpha value is -2.50. The minimum Gasteiger partial charge on any atom is -0.490 e. The number of hydrogen-bond acceptors (Lipinski definition) is 5. The van der Waals surface area contributed by atoms with Crippen molar-refractivity contribution in [1.82, 2.24) is 14.9 Å². The SMILES string of the molecule is CO[C@@H]1C[C@@H](COc2cccnc2)N(Cc2cccc3cccnc23)C1. The largest absolute Gasteiger partial charge is 0.490 e. The van der Waals surface area contributed by atoms with Crippen LogP contribution in [0.1, 0.15) is 12.0 Å². The number of nitrogens with zero attached hydrogens (tertiary/aromatic N) is 3. The minimum atomic E-state index is 0.237. The van der Waals surface area contributed by atoms with E-state index in [4.69, 9.17) is 9.47 Å². The van der Waals surface area contributed by atoms with Gasteiger partial charge in [0.2, 0.25) is 0 Å². The molecule has 0 spiro atoms. The second kappa shape index (κ2) is 7.81. The van der Waals surface area contributed by atoms with E-state index in [0.29, 0.717) is 12.6 Å². The number of ether oxygens (including phenoxy) is 2. The molecule has 0 unspecified atom stereocenters. The lowest BCUT2D eigenvalue weighted by molar-refractivity contribution is 0.107. The standard InChI is InChI=1S/C21H23N3O2/c1-25-20-11-18(15-26-19-8-4-9-22-12-19)24(14-20)13-17-6-2-5-16-7-3-10-23-21(16)17/h2-10,12,18,20H,11,13-15H2,1H3/t18-,20+/m0/s1. The summed E-state index contributed by atoms with van der Waals surface area (Å²) in [4.78, 5) is 11.1. The van der Waals surface area contributed by atoms with Crippen LogP contribution in [-0.2, 0) is 11.3 Å². The zero-order chi connectivity index (χ0) is 17.8. The van der Waals surface area contributed by atoms with Crippen LogP contribution in [0.4, 0.5) is 0 Å². The minimum absolute atomic E-state index is 0.237. The Bertz CT molecular complexity index is 851. The molecule has 0 amide bonds. The smallest absolute Gasteiger partial charge is 0.137 e. The molecule has 0 radical (unpaired) electrons. The molecule has 26 heavy (non-hydrogen) atoms. The average Bonchev–Trinajstić information content (AvgIpc) is 3.09. The predicted octanol–water partition coefficient (Wildman–Crippen LogP) is 3.30. The van der Waals surface area contributed by atoms with Crippen LogP contribution >= 0.6 is 0 Å². The van der Waals surface area contributed by atoms with Crippen LogP contribution in [0.2, 0.25) is 0 Å². The fourth-order valence-corrected chi connectivity index (χ4v) is 3.61. The Balaban J connectivity index is 1.50. The third kappa shape index (κ3) is 3.69. The molecule has 5 nitrogen and oxygen atoms in total. The van der Waals surface area contributed by atoms with E-state index in [1.54, 1.807) is 19.5 Å². The molecule has 3 aromatic rings. The third-order valence-corrected chi connectivity index (χ3v) is 4.99. The van der Waals surface area contributed by atoms with Gasteiger partial charge in [0.05, 0.1) is 17.8 Å². The molecule has 0 aliphatic carbocycles. The first-order valence-corrected chi connectivity index (χ1v) is 8.96. The van der Waals surface area contributed by atoms with Crippen molar-refractivity contribution >= 4 is 10.9 Å². The molecule has 5 heteroatoms. The normalized spacial score (nSPS) is 20.5. The Morgan fingerprint density at radius 3 is 2.85 bits per heavy atom. The van der Waals surface area contributed by atoms with Crippen LogP contribution in [0.5, 0.6) is 5.75 Å². The fraction of sp³-hybridized carbons (Fsp3) is 0.333. The van der Waals surface area contributed by atoms with Crippen molar-refractivity contribution in [2.45, 2.75) is 25.1 Å². The quantitative estimate of drug-likeness (QED) is 0.683. The van der Waals surface area contributed by atoms with Gasteiger partial charge in [-0.2, -0.15) is 0 Å². The molecular formula is C21H23N3O2. The predicted molar refractivity (Wildman–Crippen MR) is 101 cm³/mol. The second-order valence-corrected chi connectivity index (χ2v) is 6.67. The molecule has 134 valence electrons. The highest BCUT2D eigenvalue weighted by molar-refractivity contribution is 5.81. The van der Waals surface area contributed by atoms with Gasteiger partial charge in [-0.1, -0.05) is 24.3 Å². The molecule has 2 atom stereocenters. The number of hydrogen-bond donors (Lipinski definition) is 0. The number of pyridine rings is 2. The van der Waals surface area contributed by atoms with Crippen molar-refractivity contribution in [3.63, 3.8) is 0 Å². The van der Waals surface area contributed by atoms with Gasteiger partial charge in [-0.3, -0.25) is 14.9 Å². The summed E-state index contributed by atoms with van der Waals surface area (Å²) in [6.07, 6.45) is 6.57. The lowest BCUT2D eigenvalue weighted by Crippen LogP contribution is -2.34. The third-order valence-electron chi connectivity index (χ3n) is 4.99. The molecular weight excluding hydrogens is 326 g/mol. The van der Waals surface area contributed by atoms with Crippen molar-refractivity contribution in [2.24, 2.45) is 0 Å². The van der Waals surface area contributed by atoms with E-state index in [1.165, 1.54) is 10.9 Å². The molecule has 3 heterocycles. The average molecular weight is 349 g/mol. The van der Waals surface area contributed by atoms with Crippen LogP contribution in [0.3, 0.4) is 0 Å². The van der Waals surface area contributed by atoms with E-state index < -0.39 is 0 Å². The zero-order valence-corrected chi connectivity index (χ0v) is 14.9. The van der Waals surface area contributed by atoms with Crippen LogP contribution < -0.4 is 4.74 Å². The summed E-state index contributed by atoms with van der Waals surface area (Å²) in [5.74, 6) is 0.806. The van der Waals surface area contributed by atoms with Crippen molar-refractivity contribution in [3.05, 3.63) is 66.6 Å². The molecule has 2 aromatic heterocycles.